The summed E-state index contributed by atoms with van der Waals surface area (Å²) in [6, 6.07) is 5.53. The maximum atomic E-state index is 12.0. The molecular weight excluding hydrogens is 242 g/mol. The third-order valence-electron chi connectivity index (χ3n) is 3.22. The monoisotopic (exact) mass is 263 g/mol. The normalized spacial score (nSPS) is 16.9. The Hall–Kier alpha value is -1.59. The van der Waals surface area contributed by atoms with Gasteiger partial charge in [-0.15, -0.1) is 0 Å². The van der Waals surface area contributed by atoms with Gasteiger partial charge >= 0.3 is 0 Å². The lowest BCUT2D eigenvalue weighted by Gasteiger charge is -2.18. The van der Waals surface area contributed by atoms with Crippen LogP contribution in [0.4, 0.5) is 11.4 Å². The molecule has 1 aliphatic rings. The number of ether oxygens (including phenoxy) is 1. The van der Waals surface area contributed by atoms with Gasteiger partial charge in [-0.1, -0.05) is 6.07 Å². The van der Waals surface area contributed by atoms with Gasteiger partial charge in [0.15, 0.2) is 0 Å². The molecule has 5 nitrogen and oxygen atoms in total. The zero-order chi connectivity index (χ0) is 13.7. The molecular formula is C14H21N3O2. The molecule has 0 saturated carbocycles. The Balaban J connectivity index is 1.91. The van der Waals surface area contributed by atoms with Crippen LogP contribution >= 0.6 is 0 Å². The highest BCUT2D eigenvalue weighted by molar-refractivity contribution is 5.93. The lowest BCUT2D eigenvalue weighted by atomic mass is 10.2. The number of rotatable bonds is 3. The van der Waals surface area contributed by atoms with E-state index in [1.807, 2.05) is 19.1 Å². The quantitative estimate of drug-likeness (QED) is 0.805. The predicted octanol–water partition coefficient (Wildman–Crippen LogP) is 1.24. The van der Waals surface area contributed by atoms with Crippen molar-refractivity contribution in [1.82, 2.24) is 4.90 Å². The molecule has 1 amide bonds. The number of benzene rings is 1. The minimum atomic E-state index is -0.00407. The van der Waals surface area contributed by atoms with E-state index < -0.39 is 0 Å². The zero-order valence-electron chi connectivity index (χ0n) is 11.3. The van der Waals surface area contributed by atoms with Crippen molar-refractivity contribution in [3.63, 3.8) is 0 Å². The number of nitrogens with zero attached hydrogens (tertiary/aromatic N) is 1. The standard InChI is InChI=1S/C14H21N3O2/c1-11-3-4-12(15)9-13(11)16-14(18)10-17-5-2-7-19-8-6-17/h3-4,9H,2,5-8,10,15H2,1H3,(H,16,18). The van der Waals surface area contributed by atoms with Crippen molar-refractivity contribution < 1.29 is 9.53 Å². The van der Waals surface area contributed by atoms with E-state index in [1.165, 1.54) is 0 Å². The predicted molar refractivity (Wildman–Crippen MR) is 76.1 cm³/mol. The van der Waals surface area contributed by atoms with Crippen LogP contribution < -0.4 is 11.1 Å². The van der Waals surface area contributed by atoms with E-state index in [2.05, 4.69) is 10.2 Å². The van der Waals surface area contributed by atoms with Crippen molar-refractivity contribution >= 4 is 17.3 Å². The van der Waals surface area contributed by atoms with Gasteiger partial charge in [0.05, 0.1) is 13.2 Å². The summed E-state index contributed by atoms with van der Waals surface area (Å²) in [7, 11) is 0. The number of carbonyl (C=O) groups excluding carboxylic acids is 1. The molecule has 104 valence electrons. The van der Waals surface area contributed by atoms with E-state index in [-0.39, 0.29) is 5.91 Å². The second kappa shape index (κ2) is 6.54. The number of nitrogens with one attached hydrogen (secondary N) is 1. The second-order valence-electron chi connectivity index (χ2n) is 4.86. The number of aryl methyl sites for hydroxylation is 1. The topological polar surface area (TPSA) is 67.6 Å². The van der Waals surface area contributed by atoms with Crippen molar-refractivity contribution in [2.75, 3.05) is 43.9 Å². The highest BCUT2D eigenvalue weighted by Crippen LogP contribution is 2.18. The third-order valence-corrected chi connectivity index (χ3v) is 3.22. The summed E-state index contributed by atoms with van der Waals surface area (Å²) in [5.41, 5.74) is 8.19. The van der Waals surface area contributed by atoms with Crippen LogP contribution in [0.3, 0.4) is 0 Å². The smallest absolute Gasteiger partial charge is 0.238 e. The summed E-state index contributed by atoms with van der Waals surface area (Å²) in [6.45, 7) is 5.55. The average molecular weight is 263 g/mol. The highest BCUT2D eigenvalue weighted by atomic mass is 16.5. The van der Waals surface area contributed by atoms with E-state index in [9.17, 15) is 4.79 Å². The Morgan fingerprint density at radius 1 is 1.42 bits per heavy atom. The van der Waals surface area contributed by atoms with E-state index >= 15 is 0 Å². The number of anilines is 2. The van der Waals surface area contributed by atoms with Crippen LogP contribution in [-0.2, 0) is 9.53 Å². The van der Waals surface area contributed by atoms with Gasteiger partial charge in [-0.2, -0.15) is 0 Å². The van der Waals surface area contributed by atoms with Crippen molar-refractivity contribution in [3.05, 3.63) is 23.8 Å². The maximum absolute atomic E-state index is 12.0. The molecule has 1 aromatic rings. The molecule has 0 bridgehead atoms. The van der Waals surface area contributed by atoms with Crippen LogP contribution in [0, 0.1) is 6.92 Å². The lowest BCUT2D eigenvalue weighted by Crippen LogP contribution is -2.35. The molecule has 1 saturated heterocycles. The van der Waals surface area contributed by atoms with Crippen LogP contribution in [-0.4, -0.2) is 43.7 Å². The molecule has 1 aromatic carbocycles. The van der Waals surface area contributed by atoms with Gasteiger partial charge in [-0.3, -0.25) is 9.69 Å². The van der Waals surface area contributed by atoms with Crippen LogP contribution in [0.15, 0.2) is 18.2 Å². The third kappa shape index (κ3) is 4.22. The van der Waals surface area contributed by atoms with Crippen molar-refractivity contribution in [1.29, 1.82) is 0 Å². The summed E-state index contributed by atoms with van der Waals surface area (Å²) in [4.78, 5) is 14.1. The maximum Gasteiger partial charge on any atom is 0.238 e. The van der Waals surface area contributed by atoms with E-state index in [4.69, 9.17) is 10.5 Å². The van der Waals surface area contributed by atoms with Crippen molar-refractivity contribution in [2.45, 2.75) is 13.3 Å². The van der Waals surface area contributed by atoms with E-state index in [1.54, 1.807) is 6.07 Å². The zero-order valence-corrected chi connectivity index (χ0v) is 11.3. The van der Waals surface area contributed by atoms with Crippen LogP contribution in [0.2, 0.25) is 0 Å². The first-order valence-electron chi connectivity index (χ1n) is 6.61. The van der Waals surface area contributed by atoms with Gasteiger partial charge in [0.1, 0.15) is 0 Å². The highest BCUT2D eigenvalue weighted by Gasteiger charge is 2.13. The van der Waals surface area contributed by atoms with Crippen molar-refractivity contribution in [2.24, 2.45) is 0 Å². The molecule has 1 heterocycles. The number of hydrogen-bond acceptors (Lipinski definition) is 4. The Bertz CT molecular complexity index is 440. The minimum absolute atomic E-state index is 0.00407. The molecule has 0 unspecified atom stereocenters. The van der Waals surface area contributed by atoms with Gasteiger partial charge in [-0.05, 0) is 31.0 Å². The average Bonchev–Trinajstić information content (AvgIpc) is 2.62. The molecule has 0 aliphatic carbocycles. The summed E-state index contributed by atoms with van der Waals surface area (Å²) in [5, 5.41) is 2.92. The molecule has 2 rings (SSSR count). The largest absolute Gasteiger partial charge is 0.399 e. The van der Waals surface area contributed by atoms with Crippen LogP contribution in [0.5, 0.6) is 0 Å². The fraction of sp³-hybridized carbons (Fsp3) is 0.500. The van der Waals surface area contributed by atoms with Gasteiger partial charge in [0.2, 0.25) is 5.91 Å². The van der Waals surface area contributed by atoms with Gasteiger partial charge in [0, 0.05) is 31.1 Å². The molecule has 0 aromatic heterocycles. The number of hydrogen-bond donors (Lipinski definition) is 2. The molecule has 3 N–H and O–H groups in total. The van der Waals surface area contributed by atoms with Gasteiger partial charge in [-0.25, -0.2) is 0 Å². The molecule has 1 fully saturated rings. The number of nitrogens with two attached hydrogens (primary N) is 1. The Morgan fingerprint density at radius 2 is 2.26 bits per heavy atom. The molecule has 5 heteroatoms. The van der Waals surface area contributed by atoms with Gasteiger partial charge < -0.3 is 15.8 Å². The number of carbonyl (C=O) groups is 1. The number of amides is 1. The molecule has 0 atom stereocenters. The Morgan fingerprint density at radius 3 is 3.11 bits per heavy atom. The Labute approximate surface area is 113 Å². The first-order chi connectivity index (χ1) is 9.15. The number of nitrogen functional groups attached to an aromatic ring is 1. The molecule has 19 heavy (non-hydrogen) atoms. The fourth-order valence-electron chi connectivity index (χ4n) is 2.12. The summed E-state index contributed by atoms with van der Waals surface area (Å²) < 4.78 is 5.37. The summed E-state index contributed by atoms with van der Waals surface area (Å²) in [6.07, 6.45) is 0.977. The fourth-order valence-corrected chi connectivity index (χ4v) is 2.12. The summed E-state index contributed by atoms with van der Waals surface area (Å²) in [5.74, 6) is -0.00407. The van der Waals surface area contributed by atoms with E-state index in [0.29, 0.717) is 18.8 Å². The van der Waals surface area contributed by atoms with Crippen molar-refractivity contribution in [3.8, 4) is 0 Å². The van der Waals surface area contributed by atoms with Crippen LogP contribution in [0.1, 0.15) is 12.0 Å². The SMILES string of the molecule is Cc1ccc(N)cc1NC(=O)CN1CCCOCC1. The molecule has 1 aliphatic heterocycles. The first-order valence-corrected chi connectivity index (χ1v) is 6.61. The second-order valence-corrected chi connectivity index (χ2v) is 4.86. The molecule has 0 radical (unpaired) electrons. The summed E-state index contributed by atoms with van der Waals surface area (Å²) >= 11 is 0. The first kappa shape index (κ1) is 13.8. The Kier molecular flexibility index (Phi) is 4.76. The minimum Gasteiger partial charge on any atom is -0.399 e. The van der Waals surface area contributed by atoms with Gasteiger partial charge in [0.25, 0.3) is 0 Å². The van der Waals surface area contributed by atoms with E-state index in [0.717, 1.165) is 37.4 Å². The molecule has 0 spiro atoms. The lowest BCUT2D eigenvalue weighted by molar-refractivity contribution is -0.117. The van der Waals surface area contributed by atoms with Crippen LogP contribution in [0.25, 0.3) is 0 Å².